The van der Waals surface area contributed by atoms with Crippen molar-refractivity contribution >= 4 is 0 Å². The van der Waals surface area contributed by atoms with Gasteiger partial charge in [-0.25, -0.2) is 4.39 Å². The fraction of sp³-hybridized carbons (Fsp3) is 0.571. The van der Waals surface area contributed by atoms with Crippen LogP contribution in [0.3, 0.4) is 0 Å². The lowest BCUT2D eigenvalue weighted by atomic mass is 9.97. The maximum Gasteiger partial charge on any atom is 0.167 e. The average molecular weight is 237 g/mol. The van der Waals surface area contributed by atoms with Crippen molar-refractivity contribution in [1.82, 2.24) is 5.32 Å². The van der Waals surface area contributed by atoms with Crippen LogP contribution >= 0.6 is 0 Å². The standard InChI is InChI=1S/C14H20FNO/c1-9-5-4-6-13(14(9)15)17-12-7-10(2)16-11(3)8-12/h4-6,10-12,16H,7-8H2,1-3H3. The van der Waals surface area contributed by atoms with E-state index in [0.29, 0.717) is 23.4 Å². The van der Waals surface area contributed by atoms with Crippen LogP contribution in [0.1, 0.15) is 32.3 Å². The highest BCUT2D eigenvalue weighted by atomic mass is 19.1. The van der Waals surface area contributed by atoms with Crippen LogP contribution in [-0.4, -0.2) is 18.2 Å². The van der Waals surface area contributed by atoms with Gasteiger partial charge in [-0.05, 0) is 45.2 Å². The Kier molecular flexibility index (Phi) is 3.67. The van der Waals surface area contributed by atoms with Crippen LogP contribution in [0.15, 0.2) is 18.2 Å². The van der Waals surface area contributed by atoms with Gasteiger partial charge >= 0.3 is 0 Å². The molecule has 1 saturated heterocycles. The molecule has 1 aliphatic rings. The van der Waals surface area contributed by atoms with Gasteiger partial charge in [-0.2, -0.15) is 0 Å². The van der Waals surface area contributed by atoms with Gasteiger partial charge in [0.1, 0.15) is 6.10 Å². The number of piperidine rings is 1. The molecule has 94 valence electrons. The number of hydrogen-bond acceptors (Lipinski definition) is 2. The van der Waals surface area contributed by atoms with E-state index in [1.165, 1.54) is 0 Å². The molecule has 0 amide bonds. The van der Waals surface area contributed by atoms with Crippen molar-refractivity contribution in [2.24, 2.45) is 0 Å². The molecular weight excluding hydrogens is 217 g/mol. The predicted molar refractivity (Wildman–Crippen MR) is 66.8 cm³/mol. The minimum Gasteiger partial charge on any atom is -0.487 e. The lowest BCUT2D eigenvalue weighted by Gasteiger charge is -2.33. The normalized spacial score (nSPS) is 29.1. The van der Waals surface area contributed by atoms with E-state index < -0.39 is 0 Å². The summed E-state index contributed by atoms with van der Waals surface area (Å²) >= 11 is 0. The summed E-state index contributed by atoms with van der Waals surface area (Å²) in [7, 11) is 0. The number of aryl methyl sites for hydroxylation is 1. The molecule has 2 unspecified atom stereocenters. The Bertz CT molecular complexity index is 384. The molecule has 0 aliphatic carbocycles. The lowest BCUT2D eigenvalue weighted by molar-refractivity contribution is 0.119. The summed E-state index contributed by atoms with van der Waals surface area (Å²) in [5.74, 6) is 0.155. The van der Waals surface area contributed by atoms with Crippen molar-refractivity contribution in [3.05, 3.63) is 29.6 Å². The first-order chi connectivity index (χ1) is 8.06. The second-order valence-electron chi connectivity index (χ2n) is 5.07. The van der Waals surface area contributed by atoms with E-state index in [9.17, 15) is 4.39 Å². The molecule has 0 saturated carbocycles. The van der Waals surface area contributed by atoms with Crippen LogP contribution < -0.4 is 10.1 Å². The van der Waals surface area contributed by atoms with Crippen LogP contribution in [0.2, 0.25) is 0 Å². The van der Waals surface area contributed by atoms with E-state index in [4.69, 9.17) is 4.74 Å². The molecule has 1 aromatic carbocycles. The summed E-state index contributed by atoms with van der Waals surface area (Å²) < 4.78 is 19.6. The first kappa shape index (κ1) is 12.4. The Morgan fingerprint density at radius 2 is 1.88 bits per heavy atom. The Morgan fingerprint density at radius 1 is 1.24 bits per heavy atom. The summed E-state index contributed by atoms with van der Waals surface area (Å²) in [4.78, 5) is 0. The molecule has 2 rings (SSSR count). The number of hydrogen-bond donors (Lipinski definition) is 1. The van der Waals surface area contributed by atoms with Crippen molar-refractivity contribution in [2.75, 3.05) is 0 Å². The molecule has 0 radical (unpaired) electrons. The van der Waals surface area contributed by atoms with E-state index in [-0.39, 0.29) is 11.9 Å². The number of rotatable bonds is 2. The molecule has 1 aliphatic heterocycles. The first-order valence-electron chi connectivity index (χ1n) is 6.24. The highest BCUT2D eigenvalue weighted by Gasteiger charge is 2.25. The van der Waals surface area contributed by atoms with Crippen LogP contribution in [-0.2, 0) is 0 Å². The maximum absolute atomic E-state index is 13.8. The van der Waals surface area contributed by atoms with Crippen LogP contribution in [0, 0.1) is 12.7 Å². The molecule has 0 bridgehead atoms. The Hall–Kier alpha value is -1.09. The second kappa shape index (κ2) is 5.05. The number of benzene rings is 1. The monoisotopic (exact) mass is 237 g/mol. The average Bonchev–Trinajstić information content (AvgIpc) is 2.23. The van der Waals surface area contributed by atoms with Crippen LogP contribution in [0.4, 0.5) is 4.39 Å². The predicted octanol–water partition coefficient (Wildman–Crippen LogP) is 3.04. The lowest BCUT2D eigenvalue weighted by Crippen LogP contribution is -2.46. The largest absolute Gasteiger partial charge is 0.487 e. The number of nitrogens with one attached hydrogen (secondary N) is 1. The van der Waals surface area contributed by atoms with Gasteiger partial charge in [0.25, 0.3) is 0 Å². The third-order valence-corrected chi connectivity index (χ3v) is 3.25. The molecule has 17 heavy (non-hydrogen) atoms. The zero-order valence-electron chi connectivity index (χ0n) is 10.7. The topological polar surface area (TPSA) is 21.3 Å². The molecule has 1 fully saturated rings. The zero-order chi connectivity index (χ0) is 12.4. The minimum atomic E-state index is -0.230. The summed E-state index contributed by atoms with van der Waals surface area (Å²) in [6.07, 6.45) is 1.97. The van der Waals surface area contributed by atoms with Gasteiger partial charge in [0, 0.05) is 12.1 Å². The molecule has 2 nitrogen and oxygen atoms in total. The van der Waals surface area contributed by atoms with Gasteiger partial charge in [-0.1, -0.05) is 12.1 Å². The molecule has 1 N–H and O–H groups in total. The number of ether oxygens (including phenoxy) is 1. The second-order valence-corrected chi connectivity index (χ2v) is 5.07. The van der Waals surface area contributed by atoms with Gasteiger partial charge in [0.2, 0.25) is 0 Å². The SMILES string of the molecule is Cc1cccc(OC2CC(C)NC(C)C2)c1F. The van der Waals surface area contributed by atoms with Crippen molar-refractivity contribution < 1.29 is 9.13 Å². The Morgan fingerprint density at radius 3 is 2.53 bits per heavy atom. The maximum atomic E-state index is 13.8. The molecule has 0 spiro atoms. The van der Waals surface area contributed by atoms with Crippen molar-refractivity contribution in [1.29, 1.82) is 0 Å². The van der Waals surface area contributed by atoms with E-state index in [2.05, 4.69) is 19.2 Å². The zero-order valence-corrected chi connectivity index (χ0v) is 10.7. The highest BCUT2D eigenvalue weighted by Crippen LogP contribution is 2.25. The first-order valence-corrected chi connectivity index (χ1v) is 6.24. The third-order valence-electron chi connectivity index (χ3n) is 3.25. The quantitative estimate of drug-likeness (QED) is 0.853. The van der Waals surface area contributed by atoms with Gasteiger partial charge in [0.05, 0.1) is 0 Å². The van der Waals surface area contributed by atoms with Gasteiger partial charge in [-0.15, -0.1) is 0 Å². The summed E-state index contributed by atoms with van der Waals surface area (Å²) in [5, 5.41) is 3.45. The molecule has 1 aromatic rings. The molecule has 0 aromatic heterocycles. The Balaban J connectivity index is 2.07. The van der Waals surface area contributed by atoms with E-state index in [0.717, 1.165) is 12.8 Å². The van der Waals surface area contributed by atoms with Crippen molar-refractivity contribution in [3.8, 4) is 5.75 Å². The van der Waals surface area contributed by atoms with Crippen molar-refractivity contribution in [2.45, 2.75) is 51.8 Å². The van der Waals surface area contributed by atoms with Gasteiger partial charge in [-0.3, -0.25) is 0 Å². The summed E-state index contributed by atoms with van der Waals surface area (Å²) in [5.41, 5.74) is 0.637. The van der Waals surface area contributed by atoms with Gasteiger partial charge in [0.15, 0.2) is 11.6 Å². The fourth-order valence-electron chi connectivity index (χ4n) is 2.49. The summed E-state index contributed by atoms with van der Waals surface area (Å²) in [6.45, 7) is 6.03. The fourth-order valence-corrected chi connectivity index (χ4v) is 2.49. The molecule has 3 heteroatoms. The summed E-state index contributed by atoms with van der Waals surface area (Å²) in [6, 6.07) is 6.16. The van der Waals surface area contributed by atoms with Gasteiger partial charge < -0.3 is 10.1 Å². The van der Waals surface area contributed by atoms with E-state index in [1.807, 2.05) is 6.07 Å². The molecule has 2 atom stereocenters. The van der Waals surface area contributed by atoms with Crippen LogP contribution in [0.5, 0.6) is 5.75 Å². The van der Waals surface area contributed by atoms with Crippen LogP contribution in [0.25, 0.3) is 0 Å². The smallest absolute Gasteiger partial charge is 0.167 e. The third kappa shape index (κ3) is 2.97. The highest BCUT2D eigenvalue weighted by molar-refractivity contribution is 5.30. The molecule has 1 heterocycles. The Labute approximate surface area is 102 Å². The number of halogens is 1. The van der Waals surface area contributed by atoms with Crippen molar-refractivity contribution in [3.63, 3.8) is 0 Å². The van der Waals surface area contributed by atoms with E-state index >= 15 is 0 Å². The van der Waals surface area contributed by atoms with E-state index in [1.54, 1.807) is 19.1 Å². The molecular formula is C14H20FNO. The minimum absolute atomic E-state index is 0.109.